The van der Waals surface area contributed by atoms with Gasteiger partial charge < -0.3 is 27.9 Å². The maximum atomic E-state index is 12.8. The molecule has 0 saturated heterocycles. The predicted octanol–water partition coefficient (Wildman–Crippen LogP) is 18.5. The van der Waals surface area contributed by atoms with Crippen LogP contribution in [0.4, 0.5) is 0 Å². The van der Waals surface area contributed by atoms with Gasteiger partial charge in [0, 0.05) is 12.8 Å². The first-order valence-corrected chi connectivity index (χ1v) is 31.7. The van der Waals surface area contributed by atoms with E-state index in [9.17, 15) is 19.0 Å². The summed E-state index contributed by atoms with van der Waals surface area (Å²) in [5, 5.41) is 0. The number of allylic oxidation sites excluding steroid dienone is 20. The van der Waals surface area contributed by atoms with Gasteiger partial charge in [-0.2, -0.15) is 0 Å². The van der Waals surface area contributed by atoms with Gasteiger partial charge in [0.25, 0.3) is 7.82 Å². The molecule has 0 radical (unpaired) electrons. The summed E-state index contributed by atoms with van der Waals surface area (Å²) in [6.07, 6.45) is 79.6. The lowest BCUT2D eigenvalue weighted by Crippen LogP contribution is -2.37. The zero-order valence-corrected chi connectivity index (χ0v) is 50.0. The number of hydrogen-bond acceptors (Lipinski definition) is 8. The van der Waals surface area contributed by atoms with Gasteiger partial charge in [-0.3, -0.25) is 14.2 Å². The van der Waals surface area contributed by atoms with Crippen molar-refractivity contribution in [2.24, 2.45) is 0 Å². The molecule has 0 heterocycles. The standard InChI is InChI=1S/C66H112NO8P/c1-6-8-10-12-14-16-18-20-22-24-26-28-29-30-31-32-33-34-35-36-37-39-41-43-45-47-49-51-53-55-57-59-66(69)75-64(63-74-76(70,71)73-61-60-67(3,4)5)62-72-65(68)58-56-54-52-50-48-46-44-42-40-38-27-25-23-21-19-17-15-13-11-9-7-2/h8-11,14-17,20-23,26-28,30-31,33-34,38,64H,6-7,12-13,18-19,24-25,29,32,35-37,39-63H2,1-5H3/b10-8-,11-9-,16-14-,17-15-,22-20-,23-21-,28-26-,31-30-,34-33-,38-27-. The van der Waals surface area contributed by atoms with Gasteiger partial charge in [-0.1, -0.05) is 238 Å². The van der Waals surface area contributed by atoms with Gasteiger partial charge in [0.2, 0.25) is 0 Å². The molecule has 0 bridgehead atoms. The normalized spacial score (nSPS) is 14.1. The number of quaternary nitrogens is 1. The summed E-state index contributed by atoms with van der Waals surface area (Å²) in [6, 6.07) is 0. The SMILES string of the molecule is CC/C=C\C/C=C\C/C=C\C/C=C\C/C=C\C/C=C\CCCCCCCCCCCCCCC(=O)OC(COC(=O)CCCCCCCCCC/C=C\C/C=C\C/C=C\C/C=C\CC)COP(=O)([O-])OCC[N+](C)(C)C. The number of carbonyl (C=O) groups excluding carboxylic acids is 2. The summed E-state index contributed by atoms with van der Waals surface area (Å²) in [7, 11) is 1.15. The number of nitrogens with zero attached hydrogens (tertiary/aromatic N) is 1. The maximum absolute atomic E-state index is 12.8. The van der Waals surface area contributed by atoms with E-state index >= 15 is 0 Å². The van der Waals surface area contributed by atoms with Crippen LogP contribution in [-0.2, 0) is 32.7 Å². The maximum Gasteiger partial charge on any atom is 0.306 e. The number of esters is 2. The minimum absolute atomic E-state index is 0.0385. The van der Waals surface area contributed by atoms with Crippen molar-refractivity contribution in [2.45, 2.75) is 238 Å². The second-order valence-corrected chi connectivity index (χ2v) is 22.4. The first-order chi connectivity index (χ1) is 37.0. The summed E-state index contributed by atoms with van der Waals surface area (Å²) < 4.78 is 34.2. The average molecular weight is 1080 g/mol. The molecule has 0 aliphatic heterocycles. The summed E-state index contributed by atoms with van der Waals surface area (Å²) in [5.74, 6) is -0.850. The Morgan fingerprint density at radius 2 is 0.711 bits per heavy atom. The number of hydrogen-bond donors (Lipinski definition) is 0. The van der Waals surface area contributed by atoms with Gasteiger partial charge in [0.15, 0.2) is 6.10 Å². The zero-order chi connectivity index (χ0) is 55.6. The Morgan fingerprint density at radius 1 is 0.408 bits per heavy atom. The molecule has 0 fully saturated rings. The second-order valence-electron chi connectivity index (χ2n) is 20.9. The highest BCUT2D eigenvalue weighted by molar-refractivity contribution is 7.45. The fourth-order valence-electron chi connectivity index (χ4n) is 7.89. The van der Waals surface area contributed by atoms with Crippen molar-refractivity contribution < 1.29 is 42.1 Å². The number of carbonyl (C=O) groups is 2. The van der Waals surface area contributed by atoms with E-state index in [1.54, 1.807) is 0 Å². The molecule has 10 heteroatoms. The van der Waals surface area contributed by atoms with Crippen LogP contribution in [0.5, 0.6) is 0 Å². The van der Waals surface area contributed by atoms with Gasteiger partial charge in [0.05, 0.1) is 27.7 Å². The zero-order valence-electron chi connectivity index (χ0n) is 49.2. The molecule has 0 amide bonds. The molecule has 2 unspecified atom stereocenters. The molecular formula is C66H112NO8P. The molecule has 0 aliphatic rings. The molecule has 434 valence electrons. The quantitative estimate of drug-likeness (QED) is 0.0195. The van der Waals surface area contributed by atoms with Crippen LogP contribution in [0.15, 0.2) is 122 Å². The summed E-state index contributed by atoms with van der Waals surface area (Å²) >= 11 is 0. The molecule has 76 heavy (non-hydrogen) atoms. The number of unbranched alkanes of at least 4 members (excludes halogenated alkanes) is 20. The molecule has 0 aliphatic carbocycles. The van der Waals surface area contributed by atoms with E-state index in [-0.39, 0.29) is 26.1 Å². The second kappa shape index (κ2) is 56.1. The van der Waals surface area contributed by atoms with E-state index < -0.39 is 32.5 Å². The van der Waals surface area contributed by atoms with Crippen molar-refractivity contribution in [3.63, 3.8) is 0 Å². The summed E-state index contributed by atoms with van der Waals surface area (Å²) in [5.41, 5.74) is 0. The predicted molar refractivity (Wildman–Crippen MR) is 323 cm³/mol. The van der Waals surface area contributed by atoms with E-state index in [2.05, 4.69) is 135 Å². The fourth-order valence-corrected chi connectivity index (χ4v) is 8.61. The topological polar surface area (TPSA) is 111 Å². The van der Waals surface area contributed by atoms with E-state index in [1.165, 1.54) is 83.5 Å². The fraction of sp³-hybridized carbons (Fsp3) is 0.667. The lowest BCUT2D eigenvalue weighted by Gasteiger charge is -2.28. The Morgan fingerprint density at radius 3 is 1.05 bits per heavy atom. The van der Waals surface area contributed by atoms with Crippen molar-refractivity contribution in [1.29, 1.82) is 0 Å². The summed E-state index contributed by atoms with van der Waals surface area (Å²) in [6.45, 7) is 4.00. The molecular weight excluding hydrogens is 966 g/mol. The molecule has 0 spiro atoms. The Balaban J connectivity index is 4.16. The van der Waals surface area contributed by atoms with Crippen LogP contribution in [0.25, 0.3) is 0 Å². The minimum atomic E-state index is -4.65. The van der Waals surface area contributed by atoms with E-state index in [1.807, 2.05) is 21.1 Å². The minimum Gasteiger partial charge on any atom is -0.756 e. The number of phosphoric ester groups is 1. The molecule has 0 aromatic carbocycles. The molecule has 0 aromatic rings. The molecule has 2 atom stereocenters. The van der Waals surface area contributed by atoms with Gasteiger partial charge >= 0.3 is 11.9 Å². The number of rotatable bonds is 54. The van der Waals surface area contributed by atoms with Gasteiger partial charge in [-0.25, -0.2) is 0 Å². The number of ether oxygens (including phenoxy) is 2. The van der Waals surface area contributed by atoms with Crippen LogP contribution in [0.1, 0.15) is 232 Å². The third kappa shape index (κ3) is 59.7. The monoisotopic (exact) mass is 1080 g/mol. The van der Waals surface area contributed by atoms with Crippen LogP contribution in [0.2, 0.25) is 0 Å². The smallest absolute Gasteiger partial charge is 0.306 e. The van der Waals surface area contributed by atoms with Crippen LogP contribution in [0, 0.1) is 0 Å². The lowest BCUT2D eigenvalue weighted by molar-refractivity contribution is -0.870. The van der Waals surface area contributed by atoms with Crippen molar-refractivity contribution in [3.05, 3.63) is 122 Å². The molecule has 9 nitrogen and oxygen atoms in total. The third-order valence-electron chi connectivity index (χ3n) is 12.5. The van der Waals surface area contributed by atoms with Crippen molar-refractivity contribution in [2.75, 3.05) is 47.5 Å². The highest BCUT2D eigenvalue weighted by Crippen LogP contribution is 2.38. The average Bonchev–Trinajstić information content (AvgIpc) is 3.38. The van der Waals surface area contributed by atoms with Crippen molar-refractivity contribution >= 4 is 19.8 Å². The lowest BCUT2D eigenvalue weighted by atomic mass is 10.0. The Kier molecular flexibility index (Phi) is 53.5. The third-order valence-corrected chi connectivity index (χ3v) is 13.4. The van der Waals surface area contributed by atoms with Gasteiger partial charge in [0.1, 0.15) is 19.8 Å². The number of likely N-dealkylation sites (N-methyl/N-ethyl adjacent to an activating group) is 1. The largest absolute Gasteiger partial charge is 0.756 e. The van der Waals surface area contributed by atoms with Gasteiger partial charge in [-0.05, 0) is 103 Å². The van der Waals surface area contributed by atoms with E-state index in [4.69, 9.17) is 18.5 Å². The Hall–Kier alpha value is -3.59. The Bertz CT molecular complexity index is 1700. The van der Waals surface area contributed by atoms with E-state index in [0.29, 0.717) is 23.9 Å². The first kappa shape index (κ1) is 72.4. The molecule has 0 rings (SSSR count). The molecule has 0 aromatic heterocycles. The first-order valence-electron chi connectivity index (χ1n) is 30.2. The highest BCUT2D eigenvalue weighted by Gasteiger charge is 2.22. The molecule has 0 saturated carbocycles. The van der Waals surface area contributed by atoms with Crippen LogP contribution < -0.4 is 4.89 Å². The van der Waals surface area contributed by atoms with Crippen molar-refractivity contribution in [1.82, 2.24) is 0 Å². The Labute approximate surface area is 467 Å². The van der Waals surface area contributed by atoms with Crippen LogP contribution in [-0.4, -0.2) is 70.0 Å². The van der Waals surface area contributed by atoms with Crippen molar-refractivity contribution in [3.8, 4) is 0 Å². The summed E-state index contributed by atoms with van der Waals surface area (Å²) in [4.78, 5) is 37.9. The van der Waals surface area contributed by atoms with E-state index in [0.717, 1.165) is 109 Å². The highest BCUT2D eigenvalue weighted by atomic mass is 31.2. The van der Waals surface area contributed by atoms with Crippen LogP contribution in [0.3, 0.4) is 0 Å². The van der Waals surface area contributed by atoms with Crippen LogP contribution >= 0.6 is 7.82 Å². The number of phosphoric acid groups is 1. The molecule has 0 N–H and O–H groups in total. The van der Waals surface area contributed by atoms with Gasteiger partial charge in [-0.15, -0.1) is 0 Å².